The van der Waals surface area contributed by atoms with E-state index in [1.165, 1.54) is 13.2 Å². The standard InChI is InChI=1S/C19H21ClN2O3/c1-3-4-11-21-19(24)14-7-5-6-8-16(14)22-18(23)13-9-10-17(25-2)15(20)12-13/h5-10,12H,3-4,11H2,1-2H3,(H,21,24)(H,22,23). The van der Waals surface area contributed by atoms with E-state index >= 15 is 0 Å². The molecular formula is C19H21ClN2O3. The highest BCUT2D eigenvalue weighted by atomic mass is 35.5. The highest BCUT2D eigenvalue weighted by molar-refractivity contribution is 6.32. The third-order valence-corrected chi connectivity index (χ3v) is 3.95. The van der Waals surface area contributed by atoms with Gasteiger partial charge in [0.05, 0.1) is 23.4 Å². The maximum absolute atomic E-state index is 12.5. The van der Waals surface area contributed by atoms with Crippen LogP contribution in [0.5, 0.6) is 5.75 Å². The maximum Gasteiger partial charge on any atom is 0.255 e. The summed E-state index contributed by atoms with van der Waals surface area (Å²) in [5.41, 5.74) is 1.26. The molecule has 2 aromatic carbocycles. The zero-order valence-corrected chi connectivity index (χ0v) is 15.0. The minimum absolute atomic E-state index is 0.211. The molecule has 0 aliphatic rings. The van der Waals surface area contributed by atoms with Crippen LogP contribution in [0.4, 0.5) is 5.69 Å². The Hall–Kier alpha value is -2.53. The lowest BCUT2D eigenvalue weighted by Gasteiger charge is -2.12. The maximum atomic E-state index is 12.5. The van der Waals surface area contributed by atoms with Crippen molar-refractivity contribution in [3.63, 3.8) is 0 Å². The molecule has 0 saturated carbocycles. The zero-order chi connectivity index (χ0) is 18.2. The third kappa shape index (κ3) is 4.97. The predicted molar refractivity (Wildman–Crippen MR) is 99.6 cm³/mol. The van der Waals surface area contributed by atoms with Crippen LogP contribution in [0.3, 0.4) is 0 Å². The Kier molecular flexibility index (Phi) is 6.83. The van der Waals surface area contributed by atoms with Crippen molar-refractivity contribution in [3.8, 4) is 5.75 Å². The molecule has 0 aliphatic carbocycles. The monoisotopic (exact) mass is 360 g/mol. The van der Waals surface area contributed by atoms with Crippen molar-refractivity contribution < 1.29 is 14.3 Å². The molecule has 0 radical (unpaired) electrons. The fourth-order valence-electron chi connectivity index (χ4n) is 2.27. The van der Waals surface area contributed by atoms with Gasteiger partial charge in [-0.2, -0.15) is 0 Å². The second kappa shape index (κ2) is 9.08. The van der Waals surface area contributed by atoms with Gasteiger partial charge in [0.1, 0.15) is 5.75 Å². The molecule has 5 nitrogen and oxygen atoms in total. The quantitative estimate of drug-likeness (QED) is 0.729. The van der Waals surface area contributed by atoms with Crippen molar-refractivity contribution in [2.45, 2.75) is 19.8 Å². The summed E-state index contributed by atoms with van der Waals surface area (Å²) in [6.07, 6.45) is 1.90. The van der Waals surface area contributed by atoms with Gasteiger partial charge in [0, 0.05) is 12.1 Å². The number of halogens is 1. The molecular weight excluding hydrogens is 340 g/mol. The van der Waals surface area contributed by atoms with Crippen LogP contribution in [0, 0.1) is 0 Å². The van der Waals surface area contributed by atoms with Crippen LogP contribution < -0.4 is 15.4 Å². The molecule has 6 heteroatoms. The zero-order valence-electron chi connectivity index (χ0n) is 14.3. The summed E-state index contributed by atoms with van der Waals surface area (Å²) in [6.45, 7) is 2.66. The van der Waals surface area contributed by atoms with Gasteiger partial charge in [0.2, 0.25) is 0 Å². The summed E-state index contributed by atoms with van der Waals surface area (Å²) in [5.74, 6) is -0.0654. The van der Waals surface area contributed by atoms with Crippen LogP contribution in [0.15, 0.2) is 42.5 Å². The minimum Gasteiger partial charge on any atom is -0.495 e. The van der Waals surface area contributed by atoms with Gasteiger partial charge in [-0.15, -0.1) is 0 Å². The molecule has 2 rings (SSSR count). The highest BCUT2D eigenvalue weighted by Gasteiger charge is 2.14. The summed E-state index contributed by atoms with van der Waals surface area (Å²) < 4.78 is 5.08. The van der Waals surface area contributed by atoms with E-state index in [2.05, 4.69) is 17.6 Å². The molecule has 25 heavy (non-hydrogen) atoms. The van der Waals surface area contributed by atoms with Crippen LogP contribution in [-0.2, 0) is 0 Å². The minimum atomic E-state index is -0.349. The van der Waals surface area contributed by atoms with E-state index in [0.29, 0.717) is 34.1 Å². The molecule has 2 aromatic rings. The molecule has 0 saturated heterocycles. The van der Waals surface area contributed by atoms with Crippen LogP contribution in [0.25, 0.3) is 0 Å². The van der Waals surface area contributed by atoms with Gasteiger partial charge in [-0.1, -0.05) is 37.1 Å². The Bertz CT molecular complexity index is 762. The molecule has 0 spiro atoms. The van der Waals surface area contributed by atoms with Crippen molar-refractivity contribution in [1.29, 1.82) is 0 Å². The normalized spacial score (nSPS) is 10.2. The number of unbranched alkanes of at least 4 members (excludes halogenated alkanes) is 1. The number of ether oxygens (including phenoxy) is 1. The van der Waals surface area contributed by atoms with E-state index in [-0.39, 0.29) is 11.8 Å². The highest BCUT2D eigenvalue weighted by Crippen LogP contribution is 2.25. The van der Waals surface area contributed by atoms with Gasteiger partial charge in [-0.05, 0) is 36.8 Å². The molecule has 0 bridgehead atoms. The Morgan fingerprint density at radius 2 is 1.88 bits per heavy atom. The number of carbonyl (C=O) groups is 2. The van der Waals surface area contributed by atoms with E-state index in [0.717, 1.165) is 12.8 Å². The van der Waals surface area contributed by atoms with E-state index in [1.807, 2.05) is 0 Å². The fraction of sp³-hybridized carbons (Fsp3) is 0.263. The molecule has 2 amide bonds. The summed E-state index contributed by atoms with van der Waals surface area (Å²) in [7, 11) is 1.51. The number of nitrogens with one attached hydrogen (secondary N) is 2. The van der Waals surface area contributed by atoms with Gasteiger partial charge in [-0.25, -0.2) is 0 Å². The first kappa shape index (κ1) is 18.8. The number of rotatable bonds is 7. The third-order valence-electron chi connectivity index (χ3n) is 3.65. The molecule has 0 heterocycles. The Morgan fingerprint density at radius 3 is 2.56 bits per heavy atom. The second-order valence-electron chi connectivity index (χ2n) is 5.46. The first-order valence-corrected chi connectivity index (χ1v) is 8.46. The van der Waals surface area contributed by atoms with E-state index < -0.39 is 0 Å². The van der Waals surface area contributed by atoms with Gasteiger partial charge >= 0.3 is 0 Å². The SMILES string of the molecule is CCCCNC(=O)c1ccccc1NC(=O)c1ccc(OC)c(Cl)c1. The number of amides is 2. The lowest BCUT2D eigenvalue weighted by atomic mass is 10.1. The topological polar surface area (TPSA) is 67.4 Å². The summed E-state index contributed by atoms with van der Waals surface area (Å²) in [6, 6.07) is 11.7. The van der Waals surface area contributed by atoms with E-state index in [9.17, 15) is 9.59 Å². The second-order valence-corrected chi connectivity index (χ2v) is 5.87. The molecule has 0 unspecified atom stereocenters. The van der Waals surface area contributed by atoms with Crippen LogP contribution in [0.2, 0.25) is 5.02 Å². The van der Waals surface area contributed by atoms with Gasteiger partial charge < -0.3 is 15.4 Å². The summed E-state index contributed by atoms with van der Waals surface area (Å²) >= 11 is 6.06. The number of hydrogen-bond acceptors (Lipinski definition) is 3. The number of anilines is 1. The van der Waals surface area contributed by atoms with Crippen LogP contribution in [-0.4, -0.2) is 25.5 Å². The summed E-state index contributed by atoms with van der Waals surface area (Å²) in [4.78, 5) is 24.8. The lowest BCUT2D eigenvalue weighted by Crippen LogP contribution is -2.26. The van der Waals surface area contributed by atoms with Gasteiger partial charge in [-0.3, -0.25) is 9.59 Å². The Morgan fingerprint density at radius 1 is 1.12 bits per heavy atom. The number of benzene rings is 2. The van der Waals surface area contributed by atoms with Crippen molar-refractivity contribution in [1.82, 2.24) is 5.32 Å². The molecule has 132 valence electrons. The smallest absolute Gasteiger partial charge is 0.255 e. The lowest BCUT2D eigenvalue weighted by molar-refractivity contribution is 0.0954. The van der Waals surface area contributed by atoms with Gasteiger partial charge in [0.25, 0.3) is 11.8 Å². The molecule has 0 aromatic heterocycles. The fourth-order valence-corrected chi connectivity index (χ4v) is 2.52. The predicted octanol–water partition coefficient (Wildman–Crippen LogP) is 4.13. The van der Waals surface area contributed by atoms with Crippen molar-refractivity contribution >= 4 is 29.1 Å². The number of carbonyl (C=O) groups excluding carboxylic acids is 2. The number of para-hydroxylation sites is 1. The molecule has 2 N–H and O–H groups in total. The van der Waals surface area contributed by atoms with Gasteiger partial charge in [0.15, 0.2) is 0 Å². The van der Waals surface area contributed by atoms with Crippen molar-refractivity contribution in [3.05, 3.63) is 58.6 Å². The van der Waals surface area contributed by atoms with Crippen molar-refractivity contribution in [2.75, 3.05) is 19.0 Å². The van der Waals surface area contributed by atoms with Crippen molar-refractivity contribution in [2.24, 2.45) is 0 Å². The number of hydrogen-bond donors (Lipinski definition) is 2. The Balaban J connectivity index is 2.15. The average molecular weight is 361 g/mol. The summed E-state index contributed by atoms with van der Waals surface area (Å²) in [5, 5.41) is 5.96. The first-order chi connectivity index (χ1) is 12.1. The largest absolute Gasteiger partial charge is 0.495 e. The van der Waals surface area contributed by atoms with Crippen LogP contribution in [0.1, 0.15) is 40.5 Å². The number of methoxy groups -OCH3 is 1. The van der Waals surface area contributed by atoms with E-state index in [1.54, 1.807) is 36.4 Å². The van der Waals surface area contributed by atoms with E-state index in [4.69, 9.17) is 16.3 Å². The molecule has 0 fully saturated rings. The average Bonchev–Trinajstić information content (AvgIpc) is 2.62. The first-order valence-electron chi connectivity index (χ1n) is 8.09. The molecule has 0 atom stereocenters. The Labute approximate surface area is 152 Å². The van der Waals surface area contributed by atoms with Crippen LogP contribution >= 0.6 is 11.6 Å². The molecule has 0 aliphatic heterocycles.